The fourth-order valence-electron chi connectivity index (χ4n) is 3.09. The zero-order valence-corrected chi connectivity index (χ0v) is 12.2. The van der Waals surface area contributed by atoms with Gasteiger partial charge in [-0.3, -0.25) is 14.7 Å². The van der Waals surface area contributed by atoms with Gasteiger partial charge in [-0.2, -0.15) is 0 Å². The van der Waals surface area contributed by atoms with Crippen molar-refractivity contribution in [3.05, 3.63) is 24.5 Å². The van der Waals surface area contributed by atoms with Crippen LogP contribution in [0.2, 0.25) is 0 Å². The lowest BCUT2D eigenvalue weighted by molar-refractivity contribution is -0.123. The highest BCUT2D eigenvalue weighted by molar-refractivity contribution is 5.93. The number of morpholine rings is 1. The molecule has 0 unspecified atom stereocenters. The maximum Gasteiger partial charge on any atom is 0.230 e. The van der Waals surface area contributed by atoms with Crippen LogP contribution in [0.3, 0.4) is 0 Å². The Labute approximate surface area is 124 Å². The zero-order chi connectivity index (χ0) is 14.7. The van der Waals surface area contributed by atoms with Crippen LogP contribution >= 0.6 is 0 Å². The lowest BCUT2D eigenvalue weighted by Crippen LogP contribution is -2.45. The van der Waals surface area contributed by atoms with Gasteiger partial charge >= 0.3 is 0 Å². The maximum absolute atomic E-state index is 12.4. The quantitative estimate of drug-likeness (QED) is 0.867. The van der Waals surface area contributed by atoms with Crippen molar-refractivity contribution >= 4 is 11.6 Å². The molecule has 6 nitrogen and oxygen atoms in total. The Hall–Kier alpha value is -1.50. The van der Waals surface area contributed by atoms with Gasteiger partial charge in [-0.1, -0.05) is 0 Å². The van der Waals surface area contributed by atoms with Crippen molar-refractivity contribution in [3.63, 3.8) is 0 Å². The number of carbonyl (C=O) groups is 1. The second-order valence-electron chi connectivity index (χ2n) is 5.62. The first kappa shape index (κ1) is 14.4. The Morgan fingerprint density at radius 3 is 3.24 bits per heavy atom. The van der Waals surface area contributed by atoms with Gasteiger partial charge in [-0.05, 0) is 18.6 Å². The van der Waals surface area contributed by atoms with E-state index < -0.39 is 0 Å². The van der Waals surface area contributed by atoms with Crippen LogP contribution in [0.25, 0.3) is 0 Å². The van der Waals surface area contributed by atoms with Crippen molar-refractivity contribution in [2.24, 2.45) is 5.92 Å². The van der Waals surface area contributed by atoms with E-state index >= 15 is 0 Å². The van der Waals surface area contributed by atoms with E-state index in [4.69, 9.17) is 9.47 Å². The SMILES string of the molecule is COCCN1C[C@H]2C[C@H](C(=O)Nc3cccnc3)[C@@H](C1)O2. The number of likely N-dealkylation sites (tertiary alicyclic amines) is 1. The second kappa shape index (κ2) is 6.51. The number of nitrogens with one attached hydrogen (secondary N) is 1. The molecule has 1 amide bonds. The molecule has 6 heteroatoms. The number of fused-ring (bicyclic) bond motifs is 2. The summed E-state index contributed by atoms with van der Waals surface area (Å²) in [6, 6.07) is 3.66. The van der Waals surface area contributed by atoms with E-state index in [2.05, 4.69) is 15.2 Å². The van der Waals surface area contributed by atoms with E-state index in [1.54, 1.807) is 19.5 Å². The molecule has 0 spiro atoms. The van der Waals surface area contributed by atoms with Gasteiger partial charge in [-0.15, -0.1) is 0 Å². The molecule has 1 aromatic rings. The summed E-state index contributed by atoms with van der Waals surface area (Å²) in [7, 11) is 1.71. The monoisotopic (exact) mass is 291 g/mol. The lowest BCUT2D eigenvalue weighted by atomic mass is 9.99. The van der Waals surface area contributed by atoms with Crippen LogP contribution in [0.4, 0.5) is 5.69 Å². The molecule has 2 aliphatic heterocycles. The Bertz CT molecular complexity index is 482. The number of carbonyl (C=O) groups excluding carboxylic acids is 1. The molecule has 1 N–H and O–H groups in total. The highest BCUT2D eigenvalue weighted by Gasteiger charge is 2.44. The largest absolute Gasteiger partial charge is 0.383 e. The van der Waals surface area contributed by atoms with Crippen molar-refractivity contribution in [2.45, 2.75) is 18.6 Å². The van der Waals surface area contributed by atoms with E-state index in [1.165, 1.54) is 0 Å². The number of rotatable bonds is 5. The number of hydrogen-bond donors (Lipinski definition) is 1. The van der Waals surface area contributed by atoms with Crippen LogP contribution in [0, 0.1) is 5.92 Å². The van der Waals surface area contributed by atoms with Crippen LogP contribution in [0.1, 0.15) is 6.42 Å². The summed E-state index contributed by atoms with van der Waals surface area (Å²) in [4.78, 5) is 18.7. The first-order chi connectivity index (χ1) is 10.3. The topological polar surface area (TPSA) is 63.7 Å². The molecule has 2 bridgehead atoms. The standard InChI is InChI=1S/C15H21N3O3/c1-20-6-5-18-9-12-7-13(14(10-18)21-12)15(19)17-11-3-2-4-16-8-11/h2-4,8,12-14H,5-7,9-10H2,1H3,(H,17,19)/t12-,13+,14-/m1/s1. The normalized spacial score (nSPS) is 28.5. The number of methoxy groups -OCH3 is 1. The molecule has 2 fully saturated rings. The van der Waals surface area contributed by atoms with Crippen LogP contribution in [-0.4, -0.2) is 61.3 Å². The third-order valence-electron chi connectivity index (χ3n) is 4.11. The minimum absolute atomic E-state index is 0.0164. The number of nitrogens with zero attached hydrogens (tertiary/aromatic N) is 2. The summed E-state index contributed by atoms with van der Waals surface area (Å²) in [5, 5.41) is 2.93. The summed E-state index contributed by atoms with van der Waals surface area (Å²) in [5.74, 6) is -0.0492. The highest BCUT2D eigenvalue weighted by Crippen LogP contribution is 2.32. The van der Waals surface area contributed by atoms with Gasteiger partial charge in [-0.25, -0.2) is 0 Å². The van der Waals surface area contributed by atoms with Gasteiger partial charge in [0.15, 0.2) is 0 Å². The Morgan fingerprint density at radius 2 is 2.48 bits per heavy atom. The van der Waals surface area contributed by atoms with E-state index in [0.29, 0.717) is 6.61 Å². The summed E-state index contributed by atoms with van der Waals surface area (Å²) < 4.78 is 11.0. The highest BCUT2D eigenvalue weighted by atomic mass is 16.5. The predicted molar refractivity (Wildman–Crippen MR) is 78.0 cm³/mol. The van der Waals surface area contributed by atoms with Crippen molar-refractivity contribution in [1.29, 1.82) is 0 Å². The lowest BCUT2D eigenvalue weighted by Gasteiger charge is -2.32. The summed E-state index contributed by atoms with van der Waals surface area (Å²) in [6.45, 7) is 3.29. The molecule has 1 aromatic heterocycles. The average molecular weight is 291 g/mol. The van der Waals surface area contributed by atoms with Gasteiger partial charge in [0, 0.05) is 32.9 Å². The van der Waals surface area contributed by atoms with Crippen LogP contribution in [0.15, 0.2) is 24.5 Å². The molecule has 0 aliphatic carbocycles. The fourth-order valence-corrected chi connectivity index (χ4v) is 3.09. The molecular formula is C15H21N3O3. The van der Waals surface area contributed by atoms with Gasteiger partial charge < -0.3 is 14.8 Å². The minimum Gasteiger partial charge on any atom is -0.383 e. The number of anilines is 1. The number of aromatic nitrogens is 1. The molecule has 3 atom stereocenters. The molecule has 21 heavy (non-hydrogen) atoms. The molecule has 0 aromatic carbocycles. The van der Waals surface area contributed by atoms with E-state index in [9.17, 15) is 4.79 Å². The zero-order valence-electron chi connectivity index (χ0n) is 12.2. The summed E-state index contributed by atoms with van der Waals surface area (Å²) in [6.07, 6.45) is 4.28. The fraction of sp³-hybridized carbons (Fsp3) is 0.600. The molecular weight excluding hydrogens is 270 g/mol. The van der Waals surface area contributed by atoms with Gasteiger partial charge in [0.2, 0.25) is 5.91 Å². The molecule has 0 saturated carbocycles. The Kier molecular flexibility index (Phi) is 4.48. The van der Waals surface area contributed by atoms with Gasteiger partial charge in [0.1, 0.15) is 0 Å². The first-order valence-electron chi connectivity index (χ1n) is 7.34. The Morgan fingerprint density at radius 1 is 1.57 bits per heavy atom. The molecule has 0 radical (unpaired) electrons. The van der Waals surface area contributed by atoms with Crippen LogP contribution < -0.4 is 5.32 Å². The molecule has 3 heterocycles. The first-order valence-corrected chi connectivity index (χ1v) is 7.34. The average Bonchev–Trinajstić information content (AvgIpc) is 2.81. The minimum atomic E-state index is -0.0808. The molecule has 114 valence electrons. The molecule has 3 rings (SSSR count). The third-order valence-corrected chi connectivity index (χ3v) is 4.11. The van der Waals surface area contributed by atoms with E-state index in [1.807, 2.05) is 12.1 Å². The summed E-state index contributed by atoms with van der Waals surface area (Å²) >= 11 is 0. The smallest absolute Gasteiger partial charge is 0.230 e. The van der Waals surface area contributed by atoms with Crippen molar-refractivity contribution in [3.8, 4) is 0 Å². The van der Waals surface area contributed by atoms with Crippen molar-refractivity contribution in [2.75, 3.05) is 38.7 Å². The number of pyridine rings is 1. The Balaban J connectivity index is 1.58. The number of hydrogen-bond acceptors (Lipinski definition) is 5. The van der Waals surface area contributed by atoms with Gasteiger partial charge in [0.05, 0.1) is 36.6 Å². The van der Waals surface area contributed by atoms with Crippen molar-refractivity contribution in [1.82, 2.24) is 9.88 Å². The van der Waals surface area contributed by atoms with Crippen LogP contribution in [0.5, 0.6) is 0 Å². The van der Waals surface area contributed by atoms with E-state index in [0.717, 1.165) is 31.7 Å². The predicted octanol–water partition coefficient (Wildman–Crippen LogP) is 0.756. The third kappa shape index (κ3) is 3.40. The second-order valence-corrected chi connectivity index (χ2v) is 5.62. The number of ether oxygens (including phenoxy) is 2. The van der Waals surface area contributed by atoms with E-state index in [-0.39, 0.29) is 24.0 Å². The summed E-state index contributed by atoms with van der Waals surface area (Å²) in [5.41, 5.74) is 0.736. The van der Waals surface area contributed by atoms with Crippen LogP contribution in [-0.2, 0) is 14.3 Å². The number of amides is 1. The molecule has 2 aliphatic rings. The van der Waals surface area contributed by atoms with Gasteiger partial charge in [0.25, 0.3) is 0 Å². The maximum atomic E-state index is 12.4. The van der Waals surface area contributed by atoms with Crippen molar-refractivity contribution < 1.29 is 14.3 Å². The molecule has 2 saturated heterocycles.